The van der Waals surface area contributed by atoms with Crippen molar-refractivity contribution < 1.29 is 14.3 Å². The molecule has 4 rings (SSSR count). The predicted octanol–water partition coefficient (Wildman–Crippen LogP) is 2.45. The average Bonchev–Trinajstić information content (AvgIpc) is 3.22. The van der Waals surface area contributed by atoms with Gasteiger partial charge in [-0.05, 0) is 43.3 Å². The molecular formula is C20H19N5O3S. The van der Waals surface area contributed by atoms with Gasteiger partial charge in [0, 0.05) is 17.9 Å². The standard InChI is InChI=1S/C20H19N5O3S/c1-2-28-14-9-7-13(8-10-14)17-22-23-20(25(17)21)29-12-11-24-18(26)15-5-3-4-6-16(15)19(24)27/h3-10H,2,11-12,21H2,1H3. The van der Waals surface area contributed by atoms with E-state index >= 15 is 0 Å². The lowest BCUT2D eigenvalue weighted by Crippen LogP contribution is -2.32. The number of ether oxygens (including phenoxy) is 1. The Bertz CT molecular complexity index is 1030. The molecule has 2 N–H and O–H groups in total. The van der Waals surface area contributed by atoms with Crippen molar-refractivity contribution in [1.82, 2.24) is 19.8 Å². The average molecular weight is 409 g/mol. The summed E-state index contributed by atoms with van der Waals surface area (Å²) in [6.45, 7) is 2.79. The fraction of sp³-hybridized carbons (Fsp3) is 0.200. The number of hydrogen-bond donors (Lipinski definition) is 1. The van der Waals surface area contributed by atoms with Crippen LogP contribution < -0.4 is 10.6 Å². The Morgan fingerprint density at radius 1 is 1.00 bits per heavy atom. The maximum absolute atomic E-state index is 12.4. The van der Waals surface area contributed by atoms with Gasteiger partial charge in [0.05, 0.1) is 17.7 Å². The molecule has 9 heteroatoms. The summed E-state index contributed by atoms with van der Waals surface area (Å²) in [4.78, 5) is 26.1. The Balaban J connectivity index is 1.40. The van der Waals surface area contributed by atoms with E-state index < -0.39 is 0 Å². The zero-order valence-corrected chi connectivity index (χ0v) is 16.6. The van der Waals surface area contributed by atoms with Crippen LogP contribution in [0.4, 0.5) is 0 Å². The molecule has 1 aliphatic heterocycles. The Morgan fingerprint density at radius 3 is 2.28 bits per heavy atom. The highest BCUT2D eigenvalue weighted by atomic mass is 32.2. The highest BCUT2D eigenvalue weighted by Gasteiger charge is 2.34. The summed E-state index contributed by atoms with van der Waals surface area (Å²) in [6.07, 6.45) is 0. The van der Waals surface area contributed by atoms with Crippen LogP contribution in [0.1, 0.15) is 27.6 Å². The van der Waals surface area contributed by atoms with Gasteiger partial charge in [0.15, 0.2) is 5.82 Å². The van der Waals surface area contributed by atoms with Gasteiger partial charge < -0.3 is 10.6 Å². The quantitative estimate of drug-likeness (QED) is 0.363. The van der Waals surface area contributed by atoms with E-state index in [-0.39, 0.29) is 18.4 Å². The molecule has 0 fully saturated rings. The van der Waals surface area contributed by atoms with E-state index in [1.165, 1.54) is 21.3 Å². The Labute approximate surface area is 171 Å². The van der Waals surface area contributed by atoms with Gasteiger partial charge in [0.25, 0.3) is 11.8 Å². The number of thioether (sulfide) groups is 1. The molecule has 0 unspecified atom stereocenters. The van der Waals surface area contributed by atoms with Crippen LogP contribution in [-0.2, 0) is 0 Å². The van der Waals surface area contributed by atoms with Gasteiger partial charge in [-0.25, -0.2) is 4.68 Å². The Kier molecular flexibility index (Phi) is 5.22. The van der Waals surface area contributed by atoms with Gasteiger partial charge >= 0.3 is 0 Å². The Morgan fingerprint density at radius 2 is 1.66 bits per heavy atom. The van der Waals surface area contributed by atoms with Crippen LogP contribution in [0.2, 0.25) is 0 Å². The number of aromatic nitrogens is 3. The Hall–Kier alpha value is -3.33. The first-order valence-corrected chi connectivity index (χ1v) is 10.1. The molecule has 0 saturated carbocycles. The summed E-state index contributed by atoms with van der Waals surface area (Å²) in [5.74, 6) is 7.37. The molecule has 0 aliphatic carbocycles. The van der Waals surface area contributed by atoms with Gasteiger partial charge in [0.2, 0.25) is 5.16 Å². The lowest BCUT2D eigenvalue weighted by molar-refractivity contribution is 0.0664. The van der Waals surface area contributed by atoms with Crippen LogP contribution in [0, 0.1) is 0 Å². The van der Waals surface area contributed by atoms with Crippen LogP contribution in [0.15, 0.2) is 53.7 Å². The smallest absolute Gasteiger partial charge is 0.261 e. The molecule has 1 aromatic heterocycles. The first-order chi connectivity index (χ1) is 14.1. The lowest BCUT2D eigenvalue weighted by atomic mass is 10.1. The molecule has 0 atom stereocenters. The molecule has 3 aromatic rings. The normalized spacial score (nSPS) is 13.1. The second kappa shape index (κ2) is 7.96. The highest BCUT2D eigenvalue weighted by molar-refractivity contribution is 7.99. The molecule has 0 spiro atoms. The van der Waals surface area contributed by atoms with Crippen LogP contribution in [0.3, 0.4) is 0 Å². The van der Waals surface area contributed by atoms with Crippen molar-refractivity contribution in [3.8, 4) is 17.1 Å². The predicted molar refractivity (Wildman–Crippen MR) is 109 cm³/mol. The van der Waals surface area contributed by atoms with Gasteiger partial charge in [-0.1, -0.05) is 23.9 Å². The highest BCUT2D eigenvalue weighted by Crippen LogP contribution is 2.26. The van der Waals surface area contributed by atoms with Gasteiger partial charge in [-0.15, -0.1) is 10.2 Å². The van der Waals surface area contributed by atoms with E-state index in [9.17, 15) is 9.59 Å². The van der Waals surface area contributed by atoms with Gasteiger partial charge in [-0.3, -0.25) is 14.5 Å². The fourth-order valence-corrected chi connectivity index (χ4v) is 3.89. The molecule has 0 saturated heterocycles. The van der Waals surface area contributed by atoms with Crippen molar-refractivity contribution in [2.75, 3.05) is 24.7 Å². The van der Waals surface area contributed by atoms with Crippen molar-refractivity contribution in [2.24, 2.45) is 0 Å². The van der Waals surface area contributed by atoms with Gasteiger partial charge in [0.1, 0.15) is 5.75 Å². The number of carbonyl (C=O) groups excluding carboxylic acids is 2. The zero-order chi connectivity index (χ0) is 20.4. The molecule has 148 valence electrons. The topological polar surface area (TPSA) is 103 Å². The molecule has 8 nitrogen and oxygen atoms in total. The molecular weight excluding hydrogens is 390 g/mol. The lowest BCUT2D eigenvalue weighted by Gasteiger charge is -2.13. The summed E-state index contributed by atoms with van der Waals surface area (Å²) in [5, 5.41) is 8.78. The van der Waals surface area contributed by atoms with E-state index in [1.54, 1.807) is 24.3 Å². The van der Waals surface area contributed by atoms with Crippen molar-refractivity contribution >= 4 is 23.6 Å². The minimum atomic E-state index is -0.268. The van der Waals surface area contributed by atoms with E-state index in [0.29, 0.717) is 34.5 Å². The summed E-state index contributed by atoms with van der Waals surface area (Å²) in [7, 11) is 0. The second-order valence-electron chi connectivity index (χ2n) is 6.29. The van der Waals surface area contributed by atoms with E-state index in [4.69, 9.17) is 10.6 Å². The third kappa shape index (κ3) is 3.56. The molecule has 0 radical (unpaired) electrons. The number of nitrogens with zero attached hydrogens (tertiary/aromatic N) is 4. The van der Waals surface area contributed by atoms with Crippen LogP contribution in [-0.4, -0.2) is 50.5 Å². The number of benzene rings is 2. The van der Waals surface area contributed by atoms with Crippen LogP contribution in [0.25, 0.3) is 11.4 Å². The number of imide groups is 1. The molecule has 2 amide bonds. The van der Waals surface area contributed by atoms with Crippen molar-refractivity contribution in [3.05, 3.63) is 59.7 Å². The van der Waals surface area contributed by atoms with Crippen molar-refractivity contribution in [1.29, 1.82) is 0 Å². The van der Waals surface area contributed by atoms with Crippen molar-refractivity contribution in [3.63, 3.8) is 0 Å². The van der Waals surface area contributed by atoms with E-state index in [0.717, 1.165) is 11.3 Å². The minimum Gasteiger partial charge on any atom is -0.494 e. The summed E-state index contributed by atoms with van der Waals surface area (Å²) < 4.78 is 6.84. The number of fused-ring (bicyclic) bond motifs is 1. The first-order valence-electron chi connectivity index (χ1n) is 9.12. The number of hydrogen-bond acceptors (Lipinski definition) is 7. The minimum absolute atomic E-state index is 0.266. The van der Waals surface area contributed by atoms with E-state index in [1.807, 2.05) is 31.2 Å². The fourth-order valence-electron chi connectivity index (χ4n) is 3.11. The summed E-state index contributed by atoms with van der Waals surface area (Å²) in [6, 6.07) is 14.3. The number of amides is 2. The molecule has 29 heavy (non-hydrogen) atoms. The third-order valence-electron chi connectivity index (χ3n) is 4.51. The van der Waals surface area contributed by atoms with Gasteiger partial charge in [-0.2, -0.15) is 0 Å². The first kappa shape index (κ1) is 19.0. The molecule has 1 aliphatic rings. The summed E-state index contributed by atoms with van der Waals surface area (Å²) >= 11 is 1.34. The number of nitrogens with two attached hydrogens (primary N) is 1. The third-order valence-corrected chi connectivity index (χ3v) is 5.44. The largest absolute Gasteiger partial charge is 0.494 e. The SMILES string of the molecule is CCOc1ccc(-c2nnc(SCCN3C(=O)c4ccccc4C3=O)n2N)cc1. The van der Waals surface area contributed by atoms with E-state index in [2.05, 4.69) is 10.2 Å². The van der Waals surface area contributed by atoms with Crippen LogP contribution >= 0.6 is 11.8 Å². The second-order valence-corrected chi connectivity index (χ2v) is 7.35. The summed E-state index contributed by atoms with van der Waals surface area (Å²) in [5.41, 5.74) is 1.71. The molecule has 0 bridgehead atoms. The number of rotatable bonds is 7. The molecule has 2 heterocycles. The number of carbonyl (C=O) groups is 2. The van der Waals surface area contributed by atoms with Crippen LogP contribution in [0.5, 0.6) is 5.75 Å². The van der Waals surface area contributed by atoms with Crippen molar-refractivity contribution in [2.45, 2.75) is 12.1 Å². The monoisotopic (exact) mass is 409 g/mol. The number of nitrogen functional groups attached to an aromatic ring is 1. The molecule has 2 aromatic carbocycles. The zero-order valence-electron chi connectivity index (χ0n) is 15.7. The maximum Gasteiger partial charge on any atom is 0.261 e. The maximum atomic E-state index is 12.4.